The molecule has 1 atom stereocenters. The number of anilines is 1. The molecule has 0 aliphatic heterocycles. The van der Waals surface area contributed by atoms with Gasteiger partial charge in [-0.25, -0.2) is 0 Å². The lowest BCUT2D eigenvalue weighted by molar-refractivity contribution is 0.126. The van der Waals surface area contributed by atoms with E-state index in [1.54, 1.807) is 7.11 Å². The SMILES string of the molecule is COC(c1ccccc1)c1noc(-c2cn[nH]c2N)n1. The van der Waals surface area contributed by atoms with Crippen LogP contribution in [0.4, 0.5) is 5.82 Å². The molecule has 0 saturated carbocycles. The molecular weight excluding hydrogens is 258 g/mol. The van der Waals surface area contributed by atoms with Gasteiger partial charge in [-0.3, -0.25) is 5.10 Å². The number of methoxy groups -OCH3 is 1. The van der Waals surface area contributed by atoms with Crippen LogP contribution in [0.5, 0.6) is 0 Å². The van der Waals surface area contributed by atoms with Crippen LogP contribution in [0.1, 0.15) is 17.5 Å². The van der Waals surface area contributed by atoms with Crippen LogP contribution in [0.3, 0.4) is 0 Å². The van der Waals surface area contributed by atoms with Crippen molar-refractivity contribution in [1.29, 1.82) is 0 Å². The molecular formula is C13H13N5O2. The zero-order chi connectivity index (χ0) is 13.9. The molecule has 0 aliphatic carbocycles. The summed E-state index contributed by atoms with van der Waals surface area (Å²) in [5, 5.41) is 10.4. The Bertz CT molecular complexity index is 692. The number of hydrogen-bond donors (Lipinski definition) is 2. The van der Waals surface area contributed by atoms with Crippen molar-refractivity contribution in [2.24, 2.45) is 0 Å². The van der Waals surface area contributed by atoms with Crippen molar-refractivity contribution in [2.45, 2.75) is 6.10 Å². The van der Waals surface area contributed by atoms with E-state index in [2.05, 4.69) is 20.3 Å². The maximum absolute atomic E-state index is 5.72. The zero-order valence-corrected chi connectivity index (χ0v) is 10.8. The highest BCUT2D eigenvalue weighted by Crippen LogP contribution is 2.27. The molecule has 2 heterocycles. The number of H-pyrrole nitrogens is 1. The first-order chi connectivity index (χ1) is 9.79. The Balaban J connectivity index is 1.95. The van der Waals surface area contributed by atoms with Crippen LogP contribution in [0.25, 0.3) is 11.5 Å². The van der Waals surface area contributed by atoms with E-state index in [1.165, 1.54) is 6.20 Å². The number of nitrogen functional groups attached to an aromatic ring is 1. The Morgan fingerprint density at radius 1 is 1.30 bits per heavy atom. The molecule has 0 aliphatic rings. The van der Waals surface area contributed by atoms with E-state index < -0.39 is 0 Å². The minimum atomic E-state index is -0.387. The van der Waals surface area contributed by atoms with Crippen molar-refractivity contribution in [2.75, 3.05) is 12.8 Å². The van der Waals surface area contributed by atoms with Crippen LogP contribution in [0.2, 0.25) is 0 Å². The number of nitrogens with two attached hydrogens (primary N) is 1. The molecule has 3 N–H and O–H groups in total. The van der Waals surface area contributed by atoms with E-state index in [0.717, 1.165) is 5.56 Å². The fourth-order valence-electron chi connectivity index (χ4n) is 1.94. The van der Waals surface area contributed by atoms with Crippen LogP contribution in [-0.2, 0) is 4.74 Å². The van der Waals surface area contributed by atoms with Gasteiger partial charge in [-0.05, 0) is 5.56 Å². The second-order valence-corrected chi connectivity index (χ2v) is 4.18. The molecule has 0 spiro atoms. The van der Waals surface area contributed by atoms with Gasteiger partial charge in [0, 0.05) is 7.11 Å². The quantitative estimate of drug-likeness (QED) is 0.749. The molecule has 20 heavy (non-hydrogen) atoms. The summed E-state index contributed by atoms with van der Waals surface area (Å²) in [4.78, 5) is 4.32. The summed E-state index contributed by atoms with van der Waals surface area (Å²) in [6.07, 6.45) is 1.15. The molecule has 102 valence electrons. The molecule has 3 rings (SSSR count). The minimum Gasteiger partial charge on any atom is -0.383 e. The number of rotatable bonds is 4. The van der Waals surface area contributed by atoms with Gasteiger partial charge in [-0.15, -0.1) is 0 Å². The Morgan fingerprint density at radius 2 is 2.10 bits per heavy atom. The van der Waals surface area contributed by atoms with Crippen molar-refractivity contribution in [3.63, 3.8) is 0 Å². The van der Waals surface area contributed by atoms with Gasteiger partial charge in [0.25, 0.3) is 5.89 Å². The Hall–Kier alpha value is -2.67. The smallest absolute Gasteiger partial charge is 0.263 e. The molecule has 0 saturated heterocycles. The first-order valence-corrected chi connectivity index (χ1v) is 6.00. The third kappa shape index (κ3) is 2.14. The summed E-state index contributed by atoms with van der Waals surface area (Å²) in [6.45, 7) is 0. The van der Waals surface area contributed by atoms with Crippen LogP contribution in [-0.4, -0.2) is 27.4 Å². The number of aromatic amines is 1. The highest BCUT2D eigenvalue weighted by Gasteiger charge is 2.21. The topological polar surface area (TPSA) is 103 Å². The lowest BCUT2D eigenvalue weighted by atomic mass is 10.1. The van der Waals surface area contributed by atoms with Crippen LogP contribution in [0.15, 0.2) is 41.1 Å². The lowest BCUT2D eigenvalue weighted by Gasteiger charge is -2.10. The molecule has 0 radical (unpaired) electrons. The van der Waals surface area contributed by atoms with Gasteiger partial charge < -0.3 is 15.0 Å². The molecule has 1 unspecified atom stereocenters. The van der Waals surface area contributed by atoms with Gasteiger partial charge in [0.15, 0.2) is 0 Å². The van der Waals surface area contributed by atoms with Gasteiger partial charge in [0.2, 0.25) is 5.82 Å². The number of aromatic nitrogens is 4. The highest BCUT2D eigenvalue weighted by molar-refractivity contribution is 5.65. The first-order valence-electron chi connectivity index (χ1n) is 6.00. The van der Waals surface area contributed by atoms with E-state index in [4.69, 9.17) is 15.0 Å². The van der Waals surface area contributed by atoms with Gasteiger partial charge in [-0.2, -0.15) is 10.1 Å². The van der Waals surface area contributed by atoms with E-state index >= 15 is 0 Å². The van der Waals surface area contributed by atoms with Crippen molar-refractivity contribution in [3.05, 3.63) is 47.9 Å². The van der Waals surface area contributed by atoms with Gasteiger partial charge in [0.05, 0.1) is 6.20 Å². The summed E-state index contributed by atoms with van der Waals surface area (Å²) >= 11 is 0. The summed E-state index contributed by atoms with van der Waals surface area (Å²) in [5.41, 5.74) is 7.25. The average Bonchev–Trinajstić information content (AvgIpc) is 3.10. The molecule has 7 nitrogen and oxygen atoms in total. The van der Waals surface area contributed by atoms with E-state index in [1.807, 2.05) is 30.3 Å². The summed E-state index contributed by atoms with van der Waals surface area (Å²) in [5.74, 6) is 1.13. The number of benzene rings is 1. The predicted molar refractivity (Wildman–Crippen MR) is 71.6 cm³/mol. The van der Waals surface area contributed by atoms with Crippen LogP contribution >= 0.6 is 0 Å². The maximum Gasteiger partial charge on any atom is 0.263 e. The number of nitrogens with one attached hydrogen (secondary N) is 1. The molecule has 0 amide bonds. The van der Waals surface area contributed by atoms with Crippen molar-refractivity contribution < 1.29 is 9.26 Å². The van der Waals surface area contributed by atoms with Gasteiger partial charge in [0.1, 0.15) is 17.5 Å². The van der Waals surface area contributed by atoms with Crippen molar-refractivity contribution >= 4 is 5.82 Å². The molecule has 3 aromatic rings. The Labute approximate surface area is 114 Å². The zero-order valence-electron chi connectivity index (χ0n) is 10.8. The largest absolute Gasteiger partial charge is 0.383 e. The Kier molecular flexibility index (Phi) is 3.18. The fourth-order valence-corrected chi connectivity index (χ4v) is 1.94. The normalized spacial score (nSPS) is 12.4. The number of ether oxygens (including phenoxy) is 1. The van der Waals surface area contributed by atoms with Gasteiger partial charge >= 0.3 is 0 Å². The molecule has 1 aromatic carbocycles. The summed E-state index contributed by atoms with van der Waals surface area (Å²) in [6, 6.07) is 9.67. The van der Waals surface area contributed by atoms with E-state index in [0.29, 0.717) is 23.1 Å². The van der Waals surface area contributed by atoms with E-state index in [-0.39, 0.29) is 6.10 Å². The van der Waals surface area contributed by atoms with Crippen LogP contribution < -0.4 is 5.73 Å². The third-order valence-electron chi connectivity index (χ3n) is 2.91. The average molecular weight is 271 g/mol. The molecule has 7 heteroatoms. The standard InChI is InChI=1S/C13H13N5O2/c1-19-10(8-5-3-2-4-6-8)12-16-13(20-18-12)9-7-15-17-11(9)14/h2-7,10H,1H3,(H3,14,15,17). The van der Waals surface area contributed by atoms with Crippen molar-refractivity contribution in [1.82, 2.24) is 20.3 Å². The molecule has 2 aromatic heterocycles. The highest BCUT2D eigenvalue weighted by atomic mass is 16.5. The molecule has 0 bridgehead atoms. The number of hydrogen-bond acceptors (Lipinski definition) is 6. The van der Waals surface area contributed by atoms with Crippen molar-refractivity contribution in [3.8, 4) is 11.5 Å². The summed E-state index contributed by atoms with van der Waals surface area (Å²) < 4.78 is 10.7. The van der Waals surface area contributed by atoms with E-state index in [9.17, 15) is 0 Å². The monoisotopic (exact) mass is 271 g/mol. The fraction of sp³-hybridized carbons (Fsp3) is 0.154. The second-order valence-electron chi connectivity index (χ2n) is 4.18. The third-order valence-corrected chi connectivity index (χ3v) is 2.91. The van der Waals surface area contributed by atoms with Gasteiger partial charge in [-0.1, -0.05) is 35.5 Å². The number of nitrogens with zero attached hydrogens (tertiary/aromatic N) is 3. The predicted octanol–water partition coefficient (Wildman–Crippen LogP) is 1.78. The Morgan fingerprint density at radius 3 is 2.75 bits per heavy atom. The van der Waals surface area contributed by atoms with Crippen LogP contribution in [0, 0.1) is 0 Å². The summed E-state index contributed by atoms with van der Waals surface area (Å²) in [7, 11) is 1.60. The minimum absolute atomic E-state index is 0.309. The maximum atomic E-state index is 5.72. The first kappa shape index (κ1) is 12.4. The lowest BCUT2D eigenvalue weighted by Crippen LogP contribution is -2.05. The second kappa shape index (κ2) is 5.14. The molecule has 0 fully saturated rings.